The van der Waals surface area contributed by atoms with Crippen molar-refractivity contribution in [2.24, 2.45) is 0 Å². The van der Waals surface area contributed by atoms with Gasteiger partial charge in [0.2, 0.25) is 0 Å². The molecule has 1 rings (SSSR count). The minimum absolute atomic E-state index is 0.520. The fourth-order valence-electron chi connectivity index (χ4n) is 1.19. The van der Waals surface area contributed by atoms with Crippen LogP contribution in [0.15, 0.2) is 29.2 Å². The molecule has 0 aliphatic carbocycles. The predicted octanol–water partition coefficient (Wildman–Crippen LogP) is 2.91. The van der Waals surface area contributed by atoms with Gasteiger partial charge in [-0.3, -0.25) is 0 Å². The Morgan fingerprint density at radius 3 is 2.93 bits per heavy atom. The van der Waals surface area contributed by atoms with E-state index in [0.717, 1.165) is 12.3 Å². The highest BCUT2D eigenvalue weighted by Gasteiger charge is 1.97. The maximum absolute atomic E-state index is 5.23. The van der Waals surface area contributed by atoms with Gasteiger partial charge in [-0.05, 0) is 17.7 Å². The summed E-state index contributed by atoms with van der Waals surface area (Å²) in [7, 11) is 0. The highest BCUT2D eigenvalue weighted by Crippen LogP contribution is 2.18. The molecule has 0 spiro atoms. The second kappa shape index (κ2) is 6.55. The average Bonchev–Trinajstić information content (AvgIpc) is 2.24. The molecule has 1 nitrogen and oxygen atoms in total. The Balaban J connectivity index is 2.54. The van der Waals surface area contributed by atoms with E-state index in [1.165, 1.54) is 10.5 Å². The lowest BCUT2D eigenvalue weighted by Crippen LogP contribution is -2.21. The molecule has 0 heterocycles. The molecule has 0 fully saturated rings. The second-order valence-electron chi connectivity index (χ2n) is 3.68. The van der Waals surface area contributed by atoms with Crippen LogP contribution in [-0.2, 0) is 6.54 Å². The van der Waals surface area contributed by atoms with E-state index in [1.54, 1.807) is 11.8 Å². The molecule has 0 aliphatic rings. The average molecular weight is 219 g/mol. The maximum atomic E-state index is 5.23. The number of hydrogen-bond donors (Lipinski definition) is 1. The van der Waals surface area contributed by atoms with Crippen LogP contribution in [0.5, 0.6) is 0 Å². The van der Waals surface area contributed by atoms with Crippen molar-refractivity contribution in [3.05, 3.63) is 29.8 Å². The van der Waals surface area contributed by atoms with Crippen molar-refractivity contribution in [1.82, 2.24) is 5.32 Å². The fraction of sp³-hybridized carbons (Fsp3) is 0.385. The van der Waals surface area contributed by atoms with Gasteiger partial charge in [-0.1, -0.05) is 31.9 Å². The minimum Gasteiger partial charge on any atom is -0.310 e. The van der Waals surface area contributed by atoms with Crippen LogP contribution in [0.3, 0.4) is 0 Å². The van der Waals surface area contributed by atoms with E-state index in [1.807, 2.05) is 0 Å². The van der Waals surface area contributed by atoms with Gasteiger partial charge in [0.25, 0.3) is 0 Å². The summed E-state index contributed by atoms with van der Waals surface area (Å²) in [4.78, 5) is 1.25. The lowest BCUT2D eigenvalue weighted by Gasteiger charge is -2.08. The van der Waals surface area contributed by atoms with E-state index < -0.39 is 0 Å². The Bertz CT molecular complexity index is 339. The van der Waals surface area contributed by atoms with Crippen LogP contribution in [0.2, 0.25) is 0 Å². The van der Waals surface area contributed by atoms with Crippen LogP contribution in [0.1, 0.15) is 19.4 Å². The Labute approximate surface area is 96.7 Å². The largest absolute Gasteiger partial charge is 0.310 e. The standard InChI is InChI=1S/C13H17NS/c1-4-8-15-13-7-5-6-12(9-13)10-14-11(2)3/h1,5-7,9,11,14H,8,10H2,2-3H3. The Kier molecular flexibility index (Phi) is 5.31. The van der Waals surface area contributed by atoms with Gasteiger partial charge in [0.15, 0.2) is 0 Å². The van der Waals surface area contributed by atoms with E-state index in [9.17, 15) is 0 Å². The molecule has 0 saturated heterocycles. The number of rotatable bonds is 5. The van der Waals surface area contributed by atoms with Crippen LogP contribution < -0.4 is 5.32 Å². The maximum Gasteiger partial charge on any atom is 0.0592 e. The third-order valence-corrected chi connectivity index (χ3v) is 2.83. The van der Waals surface area contributed by atoms with E-state index in [0.29, 0.717) is 6.04 Å². The second-order valence-corrected chi connectivity index (χ2v) is 4.72. The fourth-order valence-corrected chi connectivity index (χ4v) is 1.85. The van der Waals surface area contributed by atoms with Gasteiger partial charge in [0.1, 0.15) is 0 Å². The summed E-state index contributed by atoms with van der Waals surface area (Å²) in [5.74, 6) is 3.37. The zero-order chi connectivity index (χ0) is 11.1. The van der Waals surface area contributed by atoms with Crippen molar-refractivity contribution >= 4 is 11.8 Å². The summed E-state index contributed by atoms with van der Waals surface area (Å²) in [6.07, 6.45) is 5.23. The first-order valence-electron chi connectivity index (χ1n) is 5.11. The van der Waals surface area contributed by atoms with Crippen LogP contribution in [0.25, 0.3) is 0 Å². The third-order valence-electron chi connectivity index (χ3n) is 1.94. The SMILES string of the molecule is C#CCSc1cccc(CNC(C)C)c1. The zero-order valence-corrected chi connectivity index (χ0v) is 10.1. The summed E-state index contributed by atoms with van der Waals surface area (Å²) < 4.78 is 0. The molecule has 0 bridgehead atoms. The Hall–Kier alpha value is -0.910. The van der Waals surface area contributed by atoms with E-state index in [2.05, 4.69) is 49.4 Å². The quantitative estimate of drug-likeness (QED) is 0.603. The number of hydrogen-bond acceptors (Lipinski definition) is 2. The molecule has 0 saturated carbocycles. The molecule has 0 atom stereocenters. The molecule has 1 aromatic carbocycles. The van der Waals surface area contributed by atoms with Gasteiger partial charge in [0, 0.05) is 17.5 Å². The van der Waals surface area contributed by atoms with Crippen LogP contribution in [0.4, 0.5) is 0 Å². The van der Waals surface area contributed by atoms with Crippen molar-refractivity contribution in [3.8, 4) is 12.3 Å². The molecule has 0 radical (unpaired) electrons. The lowest BCUT2D eigenvalue weighted by atomic mass is 10.2. The van der Waals surface area contributed by atoms with Crippen LogP contribution in [-0.4, -0.2) is 11.8 Å². The molecule has 0 amide bonds. The van der Waals surface area contributed by atoms with Gasteiger partial charge in [-0.25, -0.2) is 0 Å². The molecule has 80 valence electrons. The smallest absolute Gasteiger partial charge is 0.0592 e. The van der Waals surface area contributed by atoms with Crippen molar-refractivity contribution in [2.45, 2.75) is 31.3 Å². The number of nitrogens with one attached hydrogen (secondary N) is 1. The molecule has 0 aliphatic heterocycles. The van der Waals surface area contributed by atoms with Crippen molar-refractivity contribution in [1.29, 1.82) is 0 Å². The highest BCUT2D eigenvalue weighted by atomic mass is 32.2. The van der Waals surface area contributed by atoms with Gasteiger partial charge >= 0.3 is 0 Å². The topological polar surface area (TPSA) is 12.0 Å². The summed E-state index contributed by atoms with van der Waals surface area (Å²) in [6.45, 7) is 5.22. The first kappa shape index (κ1) is 12.2. The number of benzene rings is 1. The summed E-state index contributed by atoms with van der Waals surface area (Å²) >= 11 is 1.70. The van der Waals surface area contributed by atoms with Gasteiger partial charge in [-0.2, -0.15) is 0 Å². The van der Waals surface area contributed by atoms with Gasteiger partial charge in [-0.15, -0.1) is 18.2 Å². The predicted molar refractivity (Wildman–Crippen MR) is 68.0 cm³/mol. The van der Waals surface area contributed by atoms with Crippen molar-refractivity contribution < 1.29 is 0 Å². The molecule has 2 heteroatoms. The first-order valence-corrected chi connectivity index (χ1v) is 6.09. The minimum atomic E-state index is 0.520. The number of terminal acetylenes is 1. The molecule has 0 unspecified atom stereocenters. The van der Waals surface area contributed by atoms with Crippen LogP contribution >= 0.6 is 11.8 Å². The van der Waals surface area contributed by atoms with E-state index >= 15 is 0 Å². The molecule has 1 aromatic rings. The van der Waals surface area contributed by atoms with Gasteiger partial charge < -0.3 is 5.32 Å². The first-order chi connectivity index (χ1) is 7.22. The molecule has 15 heavy (non-hydrogen) atoms. The van der Waals surface area contributed by atoms with E-state index in [-0.39, 0.29) is 0 Å². The summed E-state index contributed by atoms with van der Waals surface area (Å²) in [6, 6.07) is 9.02. The third kappa shape index (κ3) is 4.92. The molecule has 1 N–H and O–H groups in total. The van der Waals surface area contributed by atoms with Crippen molar-refractivity contribution in [2.75, 3.05) is 5.75 Å². The van der Waals surface area contributed by atoms with Crippen LogP contribution in [0, 0.1) is 12.3 Å². The molecular formula is C13H17NS. The number of thioether (sulfide) groups is 1. The normalized spacial score (nSPS) is 10.3. The monoisotopic (exact) mass is 219 g/mol. The summed E-state index contributed by atoms with van der Waals surface area (Å²) in [5.41, 5.74) is 1.31. The molecule has 0 aromatic heterocycles. The zero-order valence-electron chi connectivity index (χ0n) is 9.29. The summed E-state index contributed by atoms with van der Waals surface area (Å²) in [5, 5.41) is 3.40. The molecular weight excluding hydrogens is 202 g/mol. The Morgan fingerprint density at radius 2 is 2.27 bits per heavy atom. The van der Waals surface area contributed by atoms with Gasteiger partial charge in [0.05, 0.1) is 5.75 Å². The highest BCUT2D eigenvalue weighted by molar-refractivity contribution is 7.99. The van der Waals surface area contributed by atoms with Crippen molar-refractivity contribution in [3.63, 3.8) is 0 Å². The lowest BCUT2D eigenvalue weighted by molar-refractivity contribution is 0.588. The van der Waals surface area contributed by atoms with E-state index in [4.69, 9.17) is 6.42 Å². The Morgan fingerprint density at radius 1 is 1.47 bits per heavy atom.